The van der Waals surface area contributed by atoms with E-state index in [1.807, 2.05) is 38.1 Å². The second-order valence-electron chi connectivity index (χ2n) is 4.32. The molecule has 1 aromatic carbocycles. The standard InChI is InChI=1S/C15H17N3O2/c1-10-7-11(2)18-15(17-10)16-9-12-5-6-13(19-3)8-14(12)20-4/h5-9H,1-4H3/b16-9+. The van der Waals surface area contributed by atoms with Crippen LogP contribution in [0.1, 0.15) is 17.0 Å². The first kappa shape index (κ1) is 14.0. The van der Waals surface area contributed by atoms with Crippen LogP contribution >= 0.6 is 0 Å². The zero-order valence-corrected chi connectivity index (χ0v) is 12.0. The zero-order valence-electron chi connectivity index (χ0n) is 12.0. The highest BCUT2D eigenvalue weighted by molar-refractivity contribution is 5.85. The lowest BCUT2D eigenvalue weighted by molar-refractivity contribution is 0.394. The van der Waals surface area contributed by atoms with Crippen LogP contribution in [0.4, 0.5) is 5.95 Å². The predicted molar refractivity (Wildman–Crippen MR) is 78.3 cm³/mol. The average Bonchev–Trinajstić information content (AvgIpc) is 2.44. The van der Waals surface area contributed by atoms with Gasteiger partial charge in [-0.05, 0) is 32.0 Å². The lowest BCUT2D eigenvalue weighted by Gasteiger charge is -2.06. The van der Waals surface area contributed by atoms with Gasteiger partial charge in [-0.3, -0.25) is 0 Å². The molecule has 0 aliphatic heterocycles. The lowest BCUT2D eigenvalue weighted by atomic mass is 10.2. The molecule has 0 radical (unpaired) electrons. The predicted octanol–water partition coefficient (Wildman–Crippen LogP) is 2.86. The summed E-state index contributed by atoms with van der Waals surface area (Å²) >= 11 is 0. The summed E-state index contributed by atoms with van der Waals surface area (Å²) in [5, 5.41) is 0. The van der Waals surface area contributed by atoms with E-state index in [-0.39, 0.29) is 0 Å². The van der Waals surface area contributed by atoms with Crippen molar-refractivity contribution in [3.05, 3.63) is 41.2 Å². The molecule has 1 heterocycles. The Labute approximate surface area is 118 Å². The molecule has 0 saturated carbocycles. The highest BCUT2D eigenvalue weighted by Gasteiger charge is 2.03. The van der Waals surface area contributed by atoms with Gasteiger partial charge in [0.05, 0.1) is 14.2 Å². The number of methoxy groups -OCH3 is 2. The van der Waals surface area contributed by atoms with E-state index in [0.29, 0.717) is 11.7 Å². The Bertz CT molecular complexity index is 619. The van der Waals surface area contributed by atoms with Gasteiger partial charge < -0.3 is 9.47 Å². The quantitative estimate of drug-likeness (QED) is 0.802. The molecule has 5 heteroatoms. The average molecular weight is 271 g/mol. The number of aromatic nitrogens is 2. The van der Waals surface area contributed by atoms with Crippen LogP contribution < -0.4 is 9.47 Å². The highest BCUT2D eigenvalue weighted by atomic mass is 16.5. The number of aliphatic imine (C=N–C) groups is 1. The summed E-state index contributed by atoms with van der Waals surface area (Å²) in [5.41, 5.74) is 2.63. The lowest BCUT2D eigenvalue weighted by Crippen LogP contribution is -1.93. The minimum atomic E-state index is 0.445. The van der Waals surface area contributed by atoms with E-state index in [1.165, 1.54) is 0 Å². The van der Waals surface area contributed by atoms with Crippen molar-refractivity contribution in [1.29, 1.82) is 0 Å². The largest absolute Gasteiger partial charge is 0.497 e. The van der Waals surface area contributed by atoms with Crippen molar-refractivity contribution < 1.29 is 9.47 Å². The van der Waals surface area contributed by atoms with Crippen LogP contribution in [0.25, 0.3) is 0 Å². The van der Waals surface area contributed by atoms with Crippen LogP contribution in [0.2, 0.25) is 0 Å². The molecular formula is C15H17N3O2. The maximum absolute atomic E-state index is 5.31. The summed E-state index contributed by atoms with van der Waals surface area (Å²) in [6.07, 6.45) is 1.69. The molecule has 104 valence electrons. The second-order valence-corrected chi connectivity index (χ2v) is 4.32. The SMILES string of the molecule is COc1ccc(/C=N/c2nc(C)cc(C)n2)c(OC)c1. The van der Waals surface area contributed by atoms with Crippen LogP contribution in [0, 0.1) is 13.8 Å². The molecule has 2 aromatic rings. The van der Waals surface area contributed by atoms with Gasteiger partial charge in [0.15, 0.2) is 0 Å². The van der Waals surface area contributed by atoms with Crippen LogP contribution in [-0.4, -0.2) is 30.4 Å². The van der Waals surface area contributed by atoms with Crippen LogP contribution in [-0.2, 0) is 0 Å². The molecule has 0 aliphatic rings. The van der Waals surface area contributed by atoms with E-state index in [4.69, 9.17) is 9.47 Å². The maximum atomic E-state index is 5.31. The summed E-state index contributed by atoms with van der Waals surface area (Å²) in [6, 6.07) is 7.45. The molecule has 0 amide bonds. The van der Waals surface area contributed by atoms with Crippen LogP contribution in [0.15, 0.2) is 29.3 Å². The van der Waals surface area contributed by atoms with Crippen LogP contribution in [0.3, 0.4) is 0 Å². The van der Waals surface area contributed by atoms with Gasteiger partial charge in [-0.1, -0.05) is 0 Å². The molecule has 0 unspecified atom stereocenters. The Morgan fingerprint density at radius 2 is 1.70 bits per heavy atom. The third kappa shape index (κ3) is 3.32. The van der Waals surface area contributed by atoms with Gasteiger partial charge in [0.1, 0.15) is 11.5 Å². The Balaban J connectivity index is 2.31. The molecule has 2 rings (SSSR count). The number of benzene rings is 1. The molecule has 0 aliphatic carbocycles. The van der Waals surface area contributed by atoms with Crippen molar-refractivity contribution in [3.8, 4) is 11.5 Å². The Morgan fingerprint density at radius 1 is 1.00 bits per heavy atom. The third-order valence-corrected chi connectivity index (χ3v) is 2.73. The van der Waals surface area contributed by atoms with Gasteiger partial charge in [-0.15, -0.1) is 0 Å². The number of rotatable bonds is 4. The molecule has 5 nitrogen and oxygen atoms in total. The van der Waals surface area contributed by atoms with E-state index in [0.717, 1.165) is 22.7 Å². The first-order valence-electron chi connectivity index (χ1n) is 6.21. The van der Waals surface area contributed by atoms with Gasteiger partial charge in [-0.25, -0.2) is 15.0 Å². The zero-order chi connectivity index (χ0) is 14.5. The van der Waals surface area contributed by atoms with Crippen molar-refractivity contribution in [2.24, 2.45) is 4.99 Å². The number of nitrogens with zero attached hydrogens (tertiary/aromatic N) is 3. The minimum Gasteiger partial charge on any atom is -0.497 e. The highest BCUT2D eigenvalue weighted by Crippen LogP contribution is 2.23. The van der Waals surface area contributed by atoms with E-state index >= 15 is 0 Å². The van der Waals surface area contributed by atoms with Gasteiger partial charge in [0, 0.05) is 29.2 Å². The normalized spacial score (nSPS) is 10.8. The van der Waals surface area contributed by atoms with Crippen molar-refractivity contribution in [1.82, 2.24) is 9.97 Å². The van der Waals surface area contributed by atoms with Crippen molar-refractivity contribution in [3.63, 3.8) is 0 Å². The molecule has 0 saturated heterocycles. The van der Waals surface area contributed by atoms with E-state index in [2.05, 4.69) is 15.0 Å². The molecule has 0 atom stereocenters. The van der Waals surface area contributed by atoms with Crippen molar-refractivity contribution >= 4 is 12.2 Å². The second kappa shape index (κ2) is 6.14. The summed E-state index contributed by atoms with van der Waals surface area (Å²) < 4.78 is 10.5. The van der Waals surface area contributed by atoms with Gasteiger partial charge in [0.25, 0.3) is 0 Å². The molecule has 0 spiro atoms. The van der Waals surface area contributed by atoms with E-state index < -0.39 is 0 Å². The summed E-state index contributed by atoms with van der Waals surface area (Å²) in [6.45, 7) is 3.84. The van der Waals surface area contributed by atoms with Gasteiger partial charge in [0.2, 0.25) is 5.95 Å². The number of hydrogen-bond acceptors (Lipinski definition) is 5. The van der Waals surface area contributed by atoms with Crippen LogP contribution in [0.5, 0.6) is 11.5 Å². The fraction of sp³-hybridized carbons (Fsp3) is 0.267. The Hall–Kier alpha value is -2.43. The third-order valence-electron chi connectivity index (χ3n) is 2.73. The van der Waals surface area contributed by atoms with Crippen molar-refractivity contribution in [2.75, 3.05) is 14.2 Å². The first-order valence-corrected chi connectivity index (χ1v) is 6.21. The maximum Gasteiger partial charge on any atom is 0.249 e. The number of aryl methyl sites for hydroxylation is 2. The Morgan fingerprint density at radius 3 is 2.30 bits per heavy atom. The van der Waals surface area contributed by atoms with Gasteiger partial charge in [-0.2, -0.15) is 0 Å². The summed E-state index contributed by atoms with van der Waals surface area (Å²) in [5.74, 6) is 1.87. The minimum absolute atomic E-state index is 0.445. The molecule has 0 N–H and O–H groups in total. The molecule has 1 aromatic heterocycles. The first-order chi connectivity index (χ1) is 9.62. The number of hydrogen-bond donors (Lipinski definition) is 0. The van der Waals surface area contributed by atoms with Crippen molar-refractivity contribution in [2.45, 2.75) is 13.8 Å². The Kier molecular flexibility index (Phi) is 4.30. The van der Waals surface area contributed by atoms with E-state index in [1.54, 1.807) is 20.4 Å². The topological polar surface area (TPSA) is 56.6 Å². The number of ether oxygens (including phenoxy) is 2. The molecular weight excluding hydrogens is 254 g/mol. The fourth-order valence-corrected chi connectivity index (χ4v) is 1.82. The summed E-state index contributed by atoms with van der Waals surface area (Å²) in [4.78, 5) is 12.8. The fourth-order valence-electron chi connectivity index (χ4n) is 1.82. The smallest absolute Gasteiger partial charge is 0.249 e. The molecule has 0 bridgehead atoms. The molecule has 0 fully saturated rings. The monoisotopic (exact) mass is 271 g/mol. The summed E-state index contributed by atoms with van der Waals surface area (Å²) in [7, 11) is 3.23. The molecule has 20 heavy (non-hydrogen) atoms. The van der Waals surface area contributed by atoms with E-state index in [9.17, 15) is 0 Å². The van der Waals surface area contributed by atoms with Gasteiger partial charge >= 0.3 is 0 Å².